The molecule has 5 aliphatic rings. The molecule has 2 saturated heterocycles. The zero-order valence-corrected chi connectivity index (χ0v) is 26.0. The highest BCUT2D eigenvalue weighted by Crippen LogP contribution is 2.78. The van der Waals surface area contributed by atoms with Gasteiger partial charge in [0.2, 0.25) is 23.6 Å². The van der Waals surface area contributed by atoms with Gasteiger partial charge in [0.25, 0.3) is 0 Å². The Morgan fingerprint density at radius 2 is 0.786 bits per heavy atom. The summed E-state index contributed by atoms with van der Waals surface area (Å²) in [6.45, 7) is 15.4. The molecular weight excluding hydrogens is 524 g/mol. The summed E-state index contributed by atoms with van der Waals surface area (Å²) in [5.41, 5.74) is 0.222. The highest BCUT2D eigenvalue weighted by molar-refractivity contribution is 6.19. The van der Waals surface area contributed by atoms with Gasteiger partial charge in [-0.2, -0.15) is 0 Å². The van der Waals surface area contributed by atoms with E-state index >= 15 is 0 Å². The molecule has 2 unspecified atom stereocenters. The normalized spacial score (nSPS) is 32.7. The number of likely N-dealkylation sites (tertiary alicyclic amines) is 2. The van der Waals surface area contributed by atoms with E-state index in [9.17, 15) is 19.2 Å². The molecule has 0 aromatic heterocycles. The minimum atomic E-state index is -1.04. The van der Waals surface area contributed by atoms with E-state index in [2.05, 4.69) is 24.3 Å². The maximum Gasteiger partial charge on any atom is 0.234 e. The first-order valence-electron chi connectivity index (χ1n) is 15.3. The molecule has 3 fully saturated rings. The van der Waals surface area contributed by atoms with Crippen molar-refractivity contribution in [1.29, 1.82) is 0 Å². The molecule has 2 aliphatic heterocycles. The van der Waals surface area contributed by atoms with Crippen LogP contribution in [-0.2, 0) is 19.2 Å². The van der Waals surface area contributed by atoms with Crippen LogP contribution in [0.3, 0.4) is 0 Å². The van der Waals surface area contributed by atoms with Crippen molar-refractivity contribution in [3.63, 3.8) is 0 Å². The average Bonchev–Trinajstić information content (AvgIpc) is 3.40. The Kier molecular flexibility index (Phi) is 6.11. The third-order valence-corrected chi connectivity index (χ3v) is 10.6. The fraction of sp³-hybridized carbons (Fsp3) is 0.500. The number of allylic oxidation sites excluding steroid dienone is 2. The first kappa shape index (κ1) is 28.6. The van der Waals surface area contributed by atoms with E-state index in [1.807, 2.05) is 91.8 Å². The number of rotatable bonds is 4. The fourth-order valence-corrected chi connectivity index (χ4v) is 9.48. The van der Waals surface area contributed by atoms with Crippen LogP contribution in [-0.4, -0.2) is 44.5 Å². The Balaban J connectivity index is 1.83. The Labute approximate surface area is 249 Å². The molecular formula is C36H42N2O4. The molecule has 2 heterocycles. The van der Waals surface area contributed by atoms with Crippen molar-refractivity contribution in [2.45, 2.75) is 79.3 Å². The van der Waals surface area contributed by atoms with Crippen LogP contribution in [0, 0.1) is 34.5 Å². The Morgan fingerprint density at radius 3 is 1.00 bits per heavy atom. The van der Waals surface area contributed by atoms with Crippen LogP contribution in [0.5, 0.6) is 0 Å². The van der Waals surface area contributed by atoms with Crippen molar-refractivity contribution in [2.24, 2.45) is 34.5 Å². The summed E-state index contributed by atoms with van der Waals surface area (Å²) in [5.74, 6) is -3.83. The predicted molar refractivity (Wildman–Crippen MR) is 162 cm³/mol. The van der Waals surface area contributed by atoms with Crippen LogP contribution in [0.25, 0.3) is 11.1 Å². The molecule has 3 aliphatic carbocycles. The predicted octanol–water partition coefficient (Wildman–Crippen LogP) is 6.22. The summed E-state index contributed by atoms with van der Waals surface area (Å²) < 4.78 is 0. The number of hydrogen-bond acceptors (Lipinski definition) is 4. The lowest BCUT2D eigenvalue weighted by Crippen LogP contribution is -2.65. The number of amides is 4. The van der Waals surface area contributed by atoms with E-state index in [1.165, 1.54) is 9.80 Å². The van der Waals surface area contributed by atoms with Crippen LogP contribution in [0.1, 0.15) is 79.4 Å². The van der Waals surface area contributed by atoms with Crippen molar-refractivity contribution in [3.05, 3.63) is 71.8 Å². The molecule has 6 heteroatoms. The summed E-state index contributed by atoms with van der Waals surface area (Å²) in [6, 6.07) is 20.1. The second-order valence-electron chi connectivity index (χ2n) is 14.5. The van der Waals surface area contributed by atoms with Crippen molar-refractivity contribution in [2.75, 3.05) is 0 Å². The van der Waals surface area contributed by atoms with E-state index in [0.29, 0.717) is 12.8 Å². The Hall–Kier alpha value is -3.54. The van der Waals surface area contributed by atoms with Crippen molar-refractivity contribution < 1.29 is 19.2 Å². The van der Waals surface area contributed by atoms with Gasteiger partial charge in [-0.1, -0.05) is 74.5 Å². The van der Waals surface area contributed by atoms with Crippen LogP contribution in [0.15, 0.2) is 60.7 Å². The summed E-state index contributed by atoms with van der Waals surface area (Å²) in [4.78, 5) is 61.9. The zero-order valence-electron chi connectivity index (χ0n) is 26.0. The van der Waals surface area contributed by atoms with Crippen LogP contribution in [0.2, 0.25) is 0 Å². The van der Waals surface area contributed by atoms with Crippen LogP contribution >= 0.6 is 0 Å². The standard InChI is InChI=1S/C36H42N2O4/c1-9-35-23(21-17-13-11-14-18-21)24(22-19-15-12-16-20-22)36(10-2,27-25(35)29(39)37(31(27)41)33(3,4)5)28-26(35)30(40)38(32(28)42)34(6,7)8/h11-20,25-28H,9-10H2,1-8H3/t25-,26-,27-,28+,35?,36?/m0/s1. The monoisotopic (exact) mass is 566 g/mol. The van der Waals surface area contributed by atoms with Gasteiger partial charge in [0, 0.05) is 21.9 Å². The molecule has 1 saturated carbocycles. The molecule has 2 aromatic carbocycles. The molecule has 7 rings (SSSR count). The first-order valence-corrected chi connectivity index (χ1v) is 15.3. The molecule has 0 radical (unpaired) electrons. The molecule has 2 bridgehead atoms. The molecule has 4 amide bonds. The lowest BCUT2D eigenvalue weighted by Gasteiger charge is -2.64. The highest BCUT2D eigenvalue weighted by Gasteiger charge is 2.82. The third-order valence-electron chi connectivity index (χ3n) is 10.6. The van der Waals surface area contributed by atoms with E-state index in [4.69, 9.17) is 0 Å². The van der Waals surface area contributed by atoms with Crippen molar-refractivity contribution in [3.8, 4) is 0 Å². The van der Waals surface area contributed by atoms with Gasteiger partial charge >= 0.3 is 0 Å². The van der Waals surface area contributed by atoms with Crippen LogP contribution < -0.4 is 0 Å². The lowest BCUT2D eigenvalue weighted by molar-refractivity contribution is -0.156. The van der Waals surface area contributed by atoms with Crippen molar-refractivity contribution >= 4 is 34.8 Å². The number of hydrogen-bond donors (Lipinski definition) is 0. The molecule has 220 valence electrons. The van der Waals surface area contributed by atoms with E-state index in [-0.39, 0.29) is 23.6 Å². The quantitative estimate of drug-likeness (QED) is 0.412. The van der Waals surface area contributed by atoms with Gasteiger partial charge in [0.05, 0.1) is 23.7 Å². The fourth-order valence-electron chi connectivity index (χ4n) is 9.48. The number of benzene rings is 2. The second-order valence-corrected chi connectivity index (χ2v) is 14.5. The van der Waals surface area contributed by atoms with Gasteiger partial charge < -0.3 is 0 Å². The smallest absolute Gasteiger partial charge is 0.234 e. The van der Waals surface area contributed by atoms with E-state index in [0.717, 1.165) is 22.3 Å². The first-order chi connectivity index (χ1) is 19.7. The molecule has 0 spiro atoms. The van der Waals surface area contributed by atoms with Gasteiger partial charge in [-0.25, -0.2) is 0 Å². The zero-order chi connectivity index (χ0) is 30.6. The number of carbonyl (C=O) groups excluding carboxylic acids is 4. The highest BCUT2D eigenvalue weighted by atomic mass is 16.2. The Bertz CT molecular complexity index is 1370. The van der Waals surface area contributed by atoms with Crippen molar-refractivity contribution in [1.82, 2.24) is 9.80 Å². The van der Waals surface area contributed by atoms with Gasteiger partial charge in [-0.3, -0.25) is 29.0 Å². The molecule has 0 N–H and O–H groups in total. The largest absolute Gasteiger partial charge is 0.277 e. The second kappa shape index (κ2) is 8.98. The number of imide groups is 2. The molecule has 2 aromatic rings. The minimum Gasteiger partial charge on any atom is -0.277 e. The van der Waals surface area contributed by atoms with Crippen LogP contribution in [0.4, 0.5) is 0 Å². The molecule has 42 heavy (non-hydrogen) atoms. The van der Waals surface area contributed by atoms with E-state index in [1.54, 1.807) is 0 Å². The third kappa shape index (κ3) is 3.27. The van der Waals surface area contributed by atoms with Gasteiger partial charge in [-0.05, 0) is 76.7 Å². The maximum atomic E-state index is 14.8. The maximum absolute atomic E-state index is 14.8. The number of nitrogens with zero attached hydrogens (tertiary/aromatic N) is 2. The SMILES string of the molecule is CCC12C(c3ccccc3)=C(c3ccccc3)C(CC)([C@@H]3C(=O)N(C(C)(C)C)C(=O)[C@H]31)[C@H]1C(=O)N(C(C)(C)C)C(=O)[C@H]12. The topological polar surface area (TPSA) is 74.8 Å². The van der Waals surface area contributed by atoms with Gasteiger partial charge in [0.15, 0.2) is 0 Å². The summed E-state index contributed by atoms with van der Waals surface area (Å²) >= 11 is 0. The Morgan fingerprint density at radius 1 is 0.524 bits per heavy atom. The summed E-state index contributed by atoms with van der Waals surface area (Å²) in [5, 5.41) is 0. The summed E-state index contributed by atoms with van der Waals surface area (Å²) in [6.07, 6.45) is 0.896. The van der Waals surface area contributed by atoms with Gasteiger partial charge in [0.1, 0.15) is 0 Å². The summed E-state index contributed by atoms with van der Waals surface area (Å²) in [7, 11) is 0. The molecule has 6 atom stereocenters. The average molecular weight is 567 g/mol. The molecule has 6 nitrogen and oxygen atoms in total. The van der Waals surface area contributed by atoms with Gasteiger partial charge in [-0.15, -0.1) is 0 Å². The minimum absolute atomic E-state index is 0.217. The lowest BCUT2D eigenvalue weighted by atomic mass is 9.34. The van der Waals surface area contributed by atoms with E-state index < -0.39 is 45.6 Å². The number of carbonyl (C=O) groups is 4.